The van der Waals surface area contributed by atoms with E-state index in [1.54, 1.807) is 25.3 Å². The number of hydrogen-bond donors (Lipinski definition) is 1. The minimum atomic E-state index is -0.370. The number of carbonyl (C=O) groups is 1. The molecule has 0 bridgehead atoms. The summed E-state index contributed by atoms with van der Waals surface area (Å²) in [4.78, 5) is 20.5. The van der Waals surface area contributed by atoms with Gasteiger partial charge in [-0.1, -0.05) is 36.4 Å². The third-order valence-electron chi connectivity index (χ3n) is 3.68. The Morgan fingerprint density at radius 1 is 1.04 bits per heavy atom. The zero-order valence-electron chi connectivity index (χ0n) is 13.9. The topological polar surface area (TPSA) is 64.1 Å². The summed E-state index contributed by atoms with van der Waals surface area (Å²) >= 11 is 0. The first kappa shape index (κ1) is 16.6. The number of aromatic nitrogens is 2. The second kappa shape index (κ2) is 8.06. The maximum atomic E-state index is 11.7. The lowest BCUT2D eigenvalue weighted by molar-refractivity contribution is 0.0526. The molecule has 0 saturated heterocycles. The smallest absolute Gasteiger partial charge is 0.339 e. The average Bonchev–Trinajstić information content (AvgIpc) is 2.68. The Bertz CT molecular complexity index is 766. The summed E-state index contributed by atoms with van der Waals surface area (Å²) in [6.45, 7) is 2.12. The van der Waals surface area contributed by atoms with Crippen LogP contribution in [0.1, 0.15) is 34.6 Å². The lowest BCUT2D eigenvalue weighted by Gasteiger charge is -2.19. The highest BCUT2D eigenvalue weighted by Gasteiger charge is 2.16. The minimum Gasteiger partial charge on any atom is -0.462 e. The van der Waals surface area contributed by atoms with Gasteiger partial charge in [0.2, 0.25) is 0 Å². The monoisotopic (exact) mass is 333 g/mol. The van der Waals surface area contributed by atoms with E-state index in [2.05, 4.69) is 15.3 Å². The Labute approximate surface area is 146 Å². The maximum absolute atomic E-state index is 11.7. The Balaban J connectivity index is 1.85. The van der Waals surface area contributed by atoms with Crippen LogP contribution in [-0.4, -0.2) is 22.5 Å². The van der Waals surface area contributed by atoms with E-state index in [9.17, 15) is 4.79 Å². The molecule has 1 unspecified atom stereocenters. The molecule has 0 aliphatic heterocycles. The highest BCUT2D eigenvalue weighted by Crippen LogP contribution is 2.24. The van der Waals surface area contributed by atoms with Gasteiger partial charge in [-0.05, 0) is 36.8 Å². The van der Waals surface area contributed by atoms with E-state index in [1.165, 1.54) is 6.20 Å². The highest BCUT2D eigenvalue weighted by atomic mass is 16.5. The van der Waals surface area contributed by atoms with Crippen LogP contribution < -0.4 is 5.32 Å². The fourth-order valence-electron chi connectivity index (χ4n) is 2.48. The molecule has 3 rings (SSSR count). The van der Waals surface area contributed by atoms with Crippen molar-refractivity contribution in [3.63, 3.8) is 0 Å². The van der Waals surface area contributed by atoms with Gasteiger partial charge in [-0.2, -0.15) is 0 Å². The van der Waals surface area contributed by atoms with Crippen LogP contribution in [-0.2, 0) is 4.74 Å². The normalized spacial score (nSPS) is 11.6. The van der Waals surface area contributed by atoms with Gasteiger partial charge in [0.25, 0.3) is 0 Å². The summed E-state index contributed by atoms with van der Waals surface area (Å²) < 4.78 is 4.98. The lowest BCUT2D eigenvalue weighted by Crippen LogP contribution is -2.15. The first-order valence-corrected chi connectivity index (χ1v) is 8.13. The fourth-order valence-corrected chi connectivity index (χ4v) is 2.48. The molecular weight excluding hydrogens is 314 g/mol. The molecule has 0 fully saturated rings. The van der Waals surface area contributed by atoms with Gasteiger partial charge in [-0.25, -0.2) is 9.78 Å². The molecule has 5 heteroatoms. The minimum absolute atomic E-state index is 0.136. The average molecular weight is 333 g/mol. The SMILES string of the molecule is CCOC(=O)c1ccc(NC(c2ccccc2)c2ccccn2)nc1. The van der Waals surface area contributed by atoms with Crippen molar-refractivity contribution in [1.29, 1.82) is 0 Å². The first-order chi connectivity index (χ1) is 12.3. The summed E-state index contributed by atoms with van der Waals surface area (Å²) in [6.07, 6.45) is 3.28. The number of nitrogens with zero attached hydrogens (tertiary/aromatic N) is 2. The van der Waals surface area contributed by atoms with Crippen molar-refractivity contribution in [2.75, 3.05) is 11.9 Å². The number of nitrogens with one attached hydrogen (secondary N) is 1. The van der Waals surface area contributed by atoms with Gasteiger partial charge < -0.3 is 10.1 Å². The summed E-state index contributed by atoms with van der Waals surface area (Å²) in [5.74, 6) is 0.290. The largest absolute Gasteiger partial charge is 0.462 e. The number of carbonyl (C=O) groups excluding carboxylic acids is 1. The van der Waals surface area contributed by atoms with Crippen LogP contribution in [0, 0.1) is 0 Å². The van der Waals surface area contributed by atoms with E-state index in [-0.39, 0.29) is 12.0 Å². The molecule has 0 radical (unpaired) electrons. The molecule has 2 heterocycles. The number of benzene rings is 1. The molecule has 0 aliphatic rings. The van der Waals surface area contributed by atoms with E-state index in [0.29, 0.717) is 18.0 Å². The van der Waals surface area contributed by atoms with Gasteiger partial charge in [0.05, 0.1) is 23.9 Å². The predicted molar refractivity (Wildman–Crippen MR) is 96.3 cm³/mol. The van der Waals surface area contributed by atoms with Crippen LogP contribution in [0.2, 0.25) is 0 Å². The molecule has 0 saturated carbocycles. The second-order valence-electron chi connectivity index (χ2n) is 5.40. The standard InChI is InChI=1S/C20H19N3O2/c1-2-25-20(24)16-11-12-18(22-14-16)23-19(15-8-4-3-5-9-15)17-10-6-7-13-21-17/h3-14,19H,2H2,1H3,(H,22,23). The maximum Gasteiger partial charge on any atom is 0.339 e. The third-order valence-corrected chi connectivity index (χ3v) is 3.68. The van der Waals surface area contributed by atoms with Crippen LogP contribution in [0.15, 0.2) is 73.1 Å². The zero-order valence-corrected chi connectivity index (χ0v) is 13.9. The fraction of sp³-hybridized carbons (Fsp3) is 0.150. The Kier molecular flexibility index (Phi) is 5.36. The van der Waals surface area contributed by atoms with Gasteiger partial charge in [0, 0.05) is 12.4 Å². The molecular formula is C20H19N3O2. The highest BCUT2D eigenvalue weighted by molar-refractivity contribution is 5.89. The molecule has 1 aromatic carbocycles. The van der Waals surface area contributed by atoms with Crippen molar-refractivity contribution in [2.45, 2.75) is 13.0 Å². The van der Waals surface area contributed by atoms with E-state index in [4.69, 9.17) is 4.74 Å². The van der Waals surface area contributed by atoms with Crippen LogP contribution in [0.5, 0.6) is 0 Å². The number of esters is 1. The van der Waals surface area contributed by atoms with E-state index in [0.717, 1.165) is 11.3 Å². The second-order valence-corrected chi connectivity index (χ2v) is 5.40. The Morgan fingerprint density at radius 2 is 1.84 bits per heavy atom. The molecule has 25 heavy (non-hydrogen) atoms. The molecule has 0 aliphatic carbocycles. The van der Waals surface area contributed by atoms with Crippen molar-refractivity contribution in [3.8, 4) is 0 Å². The van der Waals surface area contributed by atoms with E-state index >= 15 is 0 Å². The summed E-state index contributed by atoms with van der Waals surface area (Å²) in [7, 11) is 0. The van der Waals surface area contributed by atoms with Gasteiger partial charge in [0.1, 0.15) is 5.82 Å². The summed E-state index contributed by atoms with van der Waals surface area (Å²) in [5.41, 5.74) is 2.41. The van der Waals surface area contributed by atoms with Crippen molar-refractivity contribution < 1.29 is 9.53 Å². The van der Waals surface area contributed by atoms with E-state index < -0.39 is 0 Å². The van der Waals surface area contributed by atoms with Crippen molar-refractivity contribution >= 4 is 11.8 Å². The molecule has 1 atom stereocenters. The predicted octanol–water partition coefficient (Wildman–Crippen LogP) is 3.85. The lowest BCUT2D eigenvalue weighted by atomic mass is 10.0. The van der Waals surface area contributed by atoms with Crippen LogP contribution >= 0.6 is 0 Å². The van der Waals surface area contributed by atoms with E-state index in [1.807, 2.05) is 48.5 Å². The number of rotatable bonds is 6. The van der Waals surface area contributed by atoms with Crippen molar-refractivity contribution in [1.82, 2.24) is 9.97 Å². The Morgan fingerprint density at radius 3 is 2.48 bits per heavy atom. The molecule has 0 amide bonds. The van der Waals surface area contributed by atoms with Crippen LogP contribution in [0.3, 0.4) is 0 Å². The quantitative estimate of drug-likeness (QED) is 0.694. The number of anilines is 1. The van der Waals surface area contributed by atoms with Gasteiger partial charge in [0.15, 0.2) is 0 Å². The molecule has 5 nitrogen and oxygen atoms in total. The number of hydrogen-bond acceptors (Lipinski definition) is 5. The van der Waals surface area contributed by atoms with Crippen LogP contribution in [0.25, 0.3) is 0 Å². The Hall–Kier alpha value is -3.21. The molecule has 126 valence electrons. The zero-order chi connectivity index (χ0) is 17.5. The number of pyridine rings is 2. The molecule has 3 aromatic rings. The number of ether oxygens (including phenoxy) is 1. The van der Waals surface area contributed by atoms with Crippen molar-refractivity contribution in [3.05, 3.63) is 89.9 Å². The third kappa shape index (κ3) is 4.20. The van der Waals surface area contributed by atoms with Crippen molar-refractivity contribution in [2.24, 2.45) is 0 Å². The summed E-state index contributed by atoms with van der Waals surface area (Å²) in [6, 6.07) is 19.2. The van der Waals surface area contributed by atoms with Crippen LogP contribution in [0.4, 0.5) is 5.82 Å². The summed E-state index contributed by atoms with van der Waals surface area (Å²) in [5, 5.41) is 3.38. The molecule has 0 spiro atoms. The molecule has 1 N–H and O–H groups in total. The van der Waals surface area contributed by atoms with Gasteiger partial charge >= 0.3 is 5.97 Å². The van der Waals surface area contributed by atoms with Gasteiger partial charge in [-0.3, -0.25) is 4.98 Å². The molecule has 2 aromatic heterocycles. The van der Waals surface area contributed by atoms with Gasteiger partial charge in [-0.15, -0.1) is 0 Å². The first-order valence-electron chi connectivity index (χ1n) is 8.13.